The second kappa shape index (κ2) is 8.29. The Morgan fingerprint density at radius 2 is 1.77 bits per heavy atom. The molecule has 0 saturated carbocycles. The number of anilines is 1. The van der Waals surface area contributed by atoms with Crippen LogP contribution in [0.1, 0.15) is 22.5 Å². The van der Waals surface area contributed by atoms with Crippen LogP contribution in [-0.2, 0) is 11.0 Å². The Hall–Kier alpha value is -3.79. The minimum Gasteiger partial charge on any atom is -0.321 e. The molecule has 0 atom stereocenters. The molecular weight excluding hydrogens is 391 g/mol. The molecule has 2 aromatic carbocycles. The molecule has 0 spiro atoms. The summed E-state index contributed by atoms with van der Waals surface area (Å²) in [4.78, 5) is 12.4. The summed E-state index contributed by atoms with van der Waals surface area (Å²) >= 11 is 0. The number of hydrogen-bond donors (Lipinski definition) is 1. The monoisotopic (exact) mass is 409 g/mol. The van der Waals surface area contributed by atoms with Gasteiger partial charge in [0.25, 0.3) is 5.91 Å². The zero-order chi connectivity index (χ0) is 21.9. The largest absolute Gasteiger partial charge is 0.416 e. The van der Waals surface area contributed by atoms with Crippen LogP contribution < -0.4 is 5.32 Å². The highest BCUT2D eigenvalue weighted by molar-refractivity contribution is 6.09. The van der Waals surface area contributed by atoms with Crippen LogP contribution in [-0.4, -0.2) is 10.5 Å². The summed E-state index contributed by atoms with van der Waals surface area (Å²) < 4.78 is 40.9. The molecular formula is C23H18F3N3O. The first-order chi connectivity index (χ1) is 14.2. The van der Waals surface area contributed by atoms with Crippen LogP contribution in [0.15, 0.2) is 66.2 Å². The molecule has 0 aliphatic carbocycles. The third-order valence-corrected chi connectivity index (χ3v) is 4.60. The predicted molar refractivity (Wildman–Crippen MR) is 109 cm³/mol. The number of amides is 1. The van der Waals surface area contributed by atoms with Crippen LogP contribution in [0.4, 0.5) is 18.9 Å². The van der Waals surface area contributed by atoms with E-state index in [9.17, 15) is 23.2 Å². The smallest absolute Gasteiger partial charge is 0.321 e. The van der Waals surface area contributed by atoms with E-state index in [1.807, 2.05) is 6.07 Å². The molecule has 0 saturated heterocycles. The number of hydrogen-bond acceptors (Lipinski definition) is 2. The summed E-state index contributed by atoms with van der Waals surface area (Å²) in [7, 11) is 0. The minimum absolute atomic E-state index is 0.108. The number of aromatic nitrogens is 1. The third-order valence-electron chi connectivity index (χ3n) is 4.60. The Morgan fingerprint density at radius 1 is 1.07 bits per heavy atom. The van der Waals surface area contributed by atoms with Crippen molar-refractivity contribution in [1.82, 2.24) is 4.57 Å². The number of aryl methyl sites for hydroxylation is 1. The number of nitrogens with one attached hydrogen (secondary N) is 1. The molecule has 0 unspecified atom stereocenters. The Balaban J connectivity index is 1.97. The molecule has 1 aromatic heterocycles. The van der Waals surface area contributed by atoms with Gasteiger partial charge in [0.1, 0.15) is 11.6 Å². The molecule has 0 radical (unpaired) electrons. The second-order valence-corrected chi connectivity index (χ2v) is 6.70. The van der Waals surface area contributed by atoms with Gasteiger partial charge in [-0.05, 0) is 61.9 Å². The first-order valence-corrected chi connectivity index (χ1v) is 9.05. The van der Waals surface area contributed by atoms with Crippen molar-refractivity contribution in [3.8, 4) is 11.8 Å². The molecule has 0 fully saturated rings. The lowest BCUT2D eigenvalue weighted by atomic mass is 10.1. The summed E-state index contributed by atoms with van der Waals surface area (Å²) in [5, 5.41) is 12.1. The van der Waals surface area contributed by atoms with Gasteiger partial charge in [0.15, 0.2) is 0 Å². The van der Waals surface area contributed by atoms with Crippen molar-refractivity contribution in [3.63, 3.8) is 0 Å². The van der Waals surface area contributed by atoms with Crippen LogP contribution in [0.5, 0.6) is 0 Å². The first kappa shape index (κ1) is 20.9. The van der Waals surface area contributed by atoms with Gasteiger partial charge in [0, 0.05) is 22.8 Å². The van der Waals surface area contributed by atoms with Crippen molar-refractivity contribution >= 4 is 17.7 Å². The average Bonchev–Trinajstić information content (AvgIpc) is 2.99. The standard InChI is InChI=1S/C23H18F3N3O/c1-15-11-17(12-18(14-27)22(30)28-20-8-4-3-5-9-20)16(2)29(15)21-10-6-7-19(13-21)23(24,25)26/h3-13H,1-2H3,(H,28,30)/b18-12-. The Labute approximate surface area is 171 Å². The maximum atomic E-state index is 13.1. The zero-order valence-electron chi connectivity index (χ0n) is 16.3. The average molecular weight is 409 g/mol. The summed E-state index contributed by atoms with van der Waals surface area (Å²) in [5.41, 5.74) is 1.92. The van der Waals surface area contributed by atoms with E-state index in [0.717, 1.165) is 12.1 Å². The van der Waals surface area contributed by atoms with Gasteiger partial charge in [-0.25, -0.2) is 0 Å². The van der Waals surface area contributed by atoms with Gasteiger partial charge in [0.2, 0.25) is 0 Å². The summed E-state index contributed by atoms with van der Waals surface area (Å²) in [6.07, 6.45) is -3.01. The zero-order valence-corrected chi connectivity index (χ0v) is 16.3. The van der Waals surface area contributed by atoms with Crippen LogP contribution in [0.3, 0.4) is 0 Å². The third kappa shape index (κ3) is 4.44. The number of alkyl halides is 3. The predicted octanol–water partition coefficient (Wildman–Crippen LogP) is 5.66. The molecule has 7 heteroatoms. The van der Waals surface area contributed by atoms with Crippen molar-refractivity contribution < 1.29 is 18.0 Å². The normalized spacial score (nSPS) is 11.8. The van der Waals surface area contributed by atoms with Gasteiger partial charge >= 0.3 is 6.18 Å². The van der Waals surface area contributed by atoms with Crippen LogP contribution in [0.25, 0.3) is 11.8 Å². The molecule has 3 aromatic rings. The Morgan fingerprint density at radius 3 is 2.40 bits per heavy atom. The lowest BCUT2D eigenvalue weighted by Crippen LogP contribution is -2.13. The maximum absolute atomic E-state index is 13.1. The maximum Gasteiger partial charge on any atom is 0.416 e. The van der Waals surface area contributed by atoms with Crippen molar-refractivity contribution in [2.24, 2.45) is 0 Å². The van der Waals surface area contributed by atoms with E-state index in [-0.39, 0.29) is 5.57 Å². The van der Waals surface area contributed by atoms with E-state index < -0.39 is 17.6 Å². The van der Waals surface area contributed by atoms with E-state index in [2.05, 4.69) is 5.32 Å². The fourth-order valence-electron chi connectivity index (χ4n) is 3.18. The molecule has 0 aliphatic heterocycles. The lowest BCUT2D eigenvalue weighted by Gasteiger charge is -2.13. The SMILES string of the molecule is Cc1cc(/C=C(/C#N)C(=O)Nc2ccccc2)c(C)n1-c1cccc(C(F)(F)F)c1. The molecule has 0 aliphatic rings. The van der Waals surface area contributed by atoms with Gasteiger partial charge < -0.3 is 9.88 Å². The lowest BCUT2D eigenvalue weighted by molar-refractivity contribution is -0.137. The quantitative estimate of drug-likeness (QED) is 0.447. The van der Waals surface area contributed by atoms with E-state index >= 15 is 0 Å². The number of para-hydroxylation sites is 1. The van der Waals surface area contributed by atoms with E-state index in [4.69, 9.17) is 0 Å². The highest BCUT2D eigenvalue weighted by Crippen LogP contribution is 2.31. The molecule has 1 heterocycles. The van der Waals surface area contributed by atoms with Crippen molar-refractivity contribution in [2.45, 2.75) is 20.0 Å². The van der Waals surface area contributed by atoms with Crippen molar-refractivity contribution in [2.75, 3.05) is 5.32 Å². The van der Waals surface area contributed by atoms with E-state index in [0.29, 0.717) is 28.3 Å². The minimum atomic E-state index is -4.45. The molecule has 1 amide bonds. The summed E-state index contributed by atoms with van der Waals surface area (Å²) in [6.45, 7) is 3.48. The van der Waals surface area contributed by atoms with Gasteiger partial charge in [-0.15, -0.1) is 0 Å². The van der Waals surface area contributed by atoms with Gasteiger partial charge in [-0.1, -0.05) is 24.3 Å². The number of halogens is 3. The Kier molecular flexibility index (Phi) is 5.79. The number of carbonyl (C=O) groups excluding carboxylic acids is 1. The Bertz CT molecular complexity index is 1150. The van der Waals surface area contributed by atoms with Gasteiger partial charge in [-0.2, -0.15) is 18.4 Å². The van der Waals surface area contributed by atoms with Crippen molar-refractivity contribution in [1.29, 1.82) is 5.26 Å². The van der Waals surface area contributed by atoms with Gasteiger partial charge in [0.05, 0.1) is 5.56 Å². The molecule has 1 N–H and O–H groups in total. The number of rotatable bonds is 4. The number of carbonyl (C=O) groups is 1. The highest BCUT2D eigenvalue weighted by Gasteiger charge is 2.30. The summed E-state index contributed by atoms with van der Waals surface area (Å²) in [6, 6.07) is 17.3. The van der Waals surface area contributed by atoms with Crippen molar-refractivity contribution in [3.05, 3.63) is 88.8 Å². The molecule has 0 bridgehead atoms. The second-order valence-electron chi connectivity index (χ2n) is 6.70. The van der Waals surface area contributed by atoms with Crippen LogP contribution >= 0.6 is 0 Å². The number of nitriles is 1. The number of benzene rings is 2. The van der Waals surface area contributed by atoms with Crippen LogP contribution in [0, 0.1) is 25.2 Å². The first-order valence-electron chi connectivity index (χ1n) is 9.05. The van der Waals surface area contributed by atoms with E-state index in [1.54, 1.807) is 60.9 Å². The fraction of sp³-hybridized carbons (Fsp3) is 0.130. The molecule has 30 heavy (non-hydrogen) atoms. The molecule has 4 nitrogen and oxygen atoms in total. The number of nitrogens with zero attached hydrogens (tertiary/aromatic N) is 2. The topological polar surface area (TPSA) is 57.8 Å². The summed E-state index contributed by atoms with van der Waals surface area (Å²) in [5.74, 6) is -0.562. The molecule has 152 valence electrons. The molecule has 3 rings (SSSR count). The van der Waals surface area contributed by atoms with Crippen LogP contribution in [0.2, 0.25) is 0 Å². The highest BCUT2D eigenvalue weighted by atomic mass is 19.4. The fourth-order valence-corrected chi connectivity index (χ4v) is 3.18. The van der Waals surface area contributed by atoms with E-state index in [1.165, 1.54) is 12.1 Å². The van der Waals surface area contributed by atoms with Gasteiger partial charge in [-0.3, -0.25) is 4.79 Å².